The van der Waals surface area contributed by atoms with Crippen molar-refractivity contribution in [1.82, 2.24) is 5.32 Å². The van der Waals surface area contributed by atoms with Crippen LogP contribution in [0.5, 0.6) is 0 Å². The lowest BCUT2D eigenvalue weighted by molar-refractivity contribution is -0.143. The molecule has 0 aliphatic heterocycles. The van der Waals surface area contributed by atoms with E-state index in [1.807, 2.05) is 0 Å². The van der Waals surface area contributed by atoms with Gasteiger partial charge in [0.1, 0.15) is 0 Å². The highest BCUT2D eigenvalue weighted by Crippen LogP contribution is 2.19. The number of ether oxygens (including phenoxy) is 1. The molecule has 6 heteroatoms. The number of carbonyl (C=O) groups is 2. The Bertz CT molecular complexity index is 1210. The molecule has 0 bridgehead atoms. The first-order valence-corrected chi connectivity index (χ1v) is 36.9. The first kappa shape index (κ1) is 78.6. The lowest BCUT2D eigenvalue weighted by atomic mass is 10.0. The predicted molar refractivity (Wildman–Crippen MR) is 352 cm³/mol. The molecule has 6 nitrogen and oxygen atoms in total. The summed E-state index contributed by atoms with van der Waals surface area (Å²) in [6.45, 7) is 5.00. The molecule has 0 spiro atoms. The molecule has 476 valence electrons. The number of allylic oxidation sites excluding steroid dienone is 2. The average Bonchev–Trinajstić information content (AvgIpc) is 3.46. The Morgan fingerprint density at radius 3 is 0.887 bits per heavy atom. The van der Waals surface area contributed by atoms with Gasteiger partial charge in [0, 0.05) is 12.8 Å². The van der Waals surface area contributed by atoms with E-state index in [2.05, 4.69) is 31.3 Å². The maximum Gasteiger partial charge on any atom is 0.305 e. The second-order valence-electron chi connectivity index (χ2n) is 25.6. The standard InChI is InChI=1S/C74H145NO5/c1-3-5-7-9-11-13-15-17-19-21-22-29-32-35-38-42-46-50-54-58-62-66-72(77)71(70-76)75-73(78)67-63-59-55-51-47-43-39-36-33-30-27-25-23-24-26-28-31-34-37-41-45-49-53-57-61-65-69-80-74(79)68-64-60-56-52-48-44-40-20-18-16-14-12-10-8-6-4-2/h23,25,71-72,76-77H,3-22,24,26-70H2,1-2H3,(H,75,78)/b25-23-. The molecule has 0 aliphatic rings. The van der Waals surface area contributed by atoms with Crippen LogP contribution in [0.25, 0.3) is 0 Å². The predicted octanol–water partition coefficient (Wildman–Crippen LogP) is 23.9. The van der Waals surface area contributed by atoms with Gasteiger partial charge in [-0.15, -0.1) is 0 Å². The maximum atomic E-state index is 12.6. The van der Waals surface area contributed by atoms with E-state index in [0.29, 0.717) is 25.9 Å². The zero-order chi connectivity index (χ0) is 57.8. The van der Waals surface area contributed by atoms with E-state index >= 15 is 0 Å². The summed E-state index contributed by atoms with van der Waals surface area (Å²) in [5, 5.41) is 23.4. The van der Waals surface area contributed by atoms with E-state index in [0.717, 1.165) is 38.5 Å². The Balaban J connectivity index is 3.37. The molecule has 3 N–H and O–H groups in total. The summed E-state index contributed by atoms with van der Waals surface area (Å²) < 4.78 is 5.50. The molecule has 2 unspecified atom stereocenters. The van der Waals surface area contributed by atoms with Crippen LogP contribution >= 0.6 is 0 Å². The number of amides is 1. The van der Waals surface area contributed by atoms with Gasteiger partial charge in [0.2, 0.25) is 5.91 Å². The molecule has 0 aromatic rings. The fourth-order valence-corrected chi connectivity index (χ4v) is 11.9. The molecule has 0 rings (SSSR count). The minimum absolute atomic E-state index is 0.0191. The number of aliphatic hydroxyl groups is 2. The van der Waals surface area contributed by atoms with Crippen molar-refractivity contribution in [3.05, 3.63) is 12.2 Å². The Morgan fingerprint density at radius 2 is 0.588 bits per heavy atom. The normalized spacial score (nSPS) is 12.5. The number of nitrogens with one attached hydrogen (secondary N) is 1. The fraction of sp³-hybridized carbons (Fsp3) is 0.946. The van der Waals surface area contributed by atoms with Gasteiger partial charge in [-0.1, -0.05) is 373 Å². The van der Waals surface area contributed by atoms with E-state index in [1.54, 1.807) is 0 Å². The van der Waals surface area contributed by atoms with E-state index < -0.39 is 12.1 Å². The fourth-order valence-electron chi connectivity index (χ4n) is 11.9. The van der Waals surface area contributed by atoms with E-state index in [4.69, 9.17) is 4.74 Å². The van der Waals surface area contributed by atoms with Gasteiger partial charge in [0.05, 0.1) is 25.4 Å². The molecule has 0 heterocycles. The smallest absolute Gasteiger partial charge is 0.305 e. The minimum atomic E-state index is -0.666. The zero-order valence-electron chi connectivity index (χ0n) is 54.6. The molecule has 1 amide bonds. The quantitative estimate of drug-likeness (QED) is 0.0320. The molecule has 80 heavy (non-hydrogen) atoms. The van der Waals surface area contributed by atoms with Crippen LogP contribution in [-0.4, -0.2) is 47.4 Å². The van der Waals surface area contributed by atoms with Crippen molar-refractivity contribution >= 4 is 11.9 Å². The average molecular weight is 1130 g/mol. The molecule has 0 fully saturated rings. The van der Waals surface area contributed by atoms with Gasteiger partial charge in [-0.05, 0) is 51.4 Å². The van der Waals surface area contributed by atoms with Crippen molar-refractivity contribution < 1.29 is 24.5 Å². The lowest BCUT2D eigenvalue weighted by Crippen LogP contribution is -2.45. The summed E-state index contributed by atoms with van der Waals surface area (Å²) in [5.41, 5.74) is 0. The second-order valence-corrected chi connectivity index (χ2v) is 25.6. The van der Waals surface area contributed by atoms with Gasteiger partial charge in [0.15, 0.2) is 0 Å². The van der Waals surface area contributed by atoms with E-state index in [1.165, 1.54) is 353 Å². The van der Waals surface area contributed by atoms with Crippen LogP contribution in [-0.2, 0) is 14.3 Å². The molecule has 0 aromatic carbocycles. The third-order valence-electron chi connectivity index (χ3n) is 17.6. The van der Waals surface area contributed by atoms with Gasteiger partial charge in [-0.3, -0.25) is 9.59 Å². The first-order chi connectivity index (χ1) is 39.5. The maximum absolute atomic E-state index is 12.6. The number of hydrogen-bond acceptors (Lipinski definition) is 5. The number of unbranched alkanes of at least 4 members (excludes halogenated alkanes) is 57. The van der Waals surface area contributed by atoms with Gasteiger partial charge < -0.3 is 20.3 Å². The summed E-state index contributed by atoms with van der Waals surface area (Å²) in [5.74, 6) is -0.0126. The molecule has 2 atom stereocenters. The van der Waals surface area contributed by atoms with Gasteiger partial charge in [0.25, 0.3) is 0 Å². The van der Waals surface area contributed by atoms with E-state index in [-0.39, 0.29) is 18.5 Å². The van der Waals surface area contributed by atoms with Crippen molar-refractivity contribution in [3.8, 4) is 0 Å². The van der Waals surface area contributed by atoms with Crippen molar-refractivity contribution in [2.24, 2.45) is 0 Å². The van der Waals surface area contributed by atoms with Crippen LogP contribution < -0.4 is 5.32 Å². The number of hydrogen-bond donors (Lipinski definition) is 3. The summed E-state index contributed by atoms with van der Waals surface area (Å²) in [6, 6.07) is -0.543. The zero-order valence-corrected chi connectivity index (χ0v) is 54.6. The highest BCUT2D eigenvalue weighted by Gasteiger charge is 2.20. The third kappa shape index (κ3) is 65.7. The van der Waals surface area contributed by atoms with Crippen LogP contribution in [0.15, 0.2) is 12.2 Å². The third-order valence-corrected chi connectivity index (χ3v) is 17.6. The van der Waals surface area contributed by atoms with Crippen LogP contribution in [0.4, 0.5) is 0 Å². The van der Waals surface area contributed by atoms with Crippen molar-refractivity contribution in [3.63, 3.8) is 0 Å². The first-order valence-electron chi connectivity index (χ1n) is 36.9. The largest absolute Gasteiger partial charge is 0.466 e. The highest BCUT2D eigenvalue weighted by atomic mass is 16.5. The van der Waals surface area contributed by atoms with Crippen LogP contribution in [0, 0.1) is 0 Å². The van der Waals surface area contributed by atoms with Crippen LogP contribution in [0.1, 0.15) is 425 Å². The molecule has 0 aliphatic carbocycles. The number of esters is 1. The molecule has 0 saturated carbocycles. The topological polar surface area (TPSA) is 95.9 Å². The monoisotopic (exact) mass is 1130 g/mol. The highest BCUT2D eigenvalue weighted by molar-refractivity contribution is 5.76. The van der Waals surface area contributed by atoms with Crippen molar-refractivity contribution in [1.29, 1.82) is 0 Å². The van der Waals surface area contributed by atoms with Gasteiger partial charge in [-0.25, -0.2) is 0 Å². The molecular formula is C74H145NO5. The number of aliphatic hydroxyl groups excluding tert-OH is 2. The summed E-state index contributed by atoms with van der Waals surface area (Å²) in [6.07, 6.45) is 87.0. The van der Waals surface area contributed by atoms with Gasteiger partial charge in [-0.2, -0.15) is 0 Å². The number of rotatable bonds is 70. The van der Waals surface area contributed by atoms with Gasteiger partial charge >= 0.3 is 5.97 Å². The summed E-state index contributed by atoms with van der Waals surface area (Å²) in [7, 11) is 0. The molecule has 0 radical (unpaired) electrons. The molecular weight excluding hydrogens is 983 g/mol. The van der Waals surface area contributed by atoms with Crippen LogP contribution in [0.2, 0.25) is 0 Å². The molecule has 0 saturated heterocycles. The summed E-state index contributed by atoms with van der Waals surface area (Å²) in [4.78, 5) is 24.6. The minimum Gasteiger partial charge on any atom is -0.466 e. The molecule has 0 aromatic heterocycles. The van der Waals surface area contributed by atoms with Crippen molar-refractivity contribution in [2.75, 3.05) is 13.2 Å². The van der Waals surface area contributed by atoms with Crippen LogP contribution in [0.3, 0.4) is 0 Å². The van der Waals surface area contributed by atoms with E-state index in [9.17, 15) is 19.8 Å². The number of carbonyl (C=O) groups excluding carboxylic acids is 2. The Labute approximate surface area is 501 Å². The Kier molecular flexibility index (Phi) is 68.9. The van der Waals surface area contributed by atoms with Crippen molar-refractivity contribution in [2.45, 2.75) is 437 Å². The summed E-state index contributed by atoms with van der Waals surface area (Å²) >= 11 is 0. The Morgan fingerprint density at radius 1 is 0.338 bits per heavy atom. The second kappa shape index (κ2) is 70.1. The SMILES string of the molecule is CCCCCCCCCCCCCCCCCCCCCCCC(O)C(CO)NC(=O)CCCCCCCCCCCC/C=C\CCCCCCCCCCCCCCOC(=O)CCCCCCCCCCCCCCCCCC. The lowest BCUT2D eigenvalue weighted by Gasteiger charge is -2.22. The Hall–Kier alpha value is -1.40.